The number of esters is 1. The quantitative estimate of drug-likeness (QED) is 0.456. The molecule has 0 spiro atoms. The lowest BCUT2D eigenvalue weighted by molar-refractivity contribution is -0.141. The normalized spacial score (nSPS) is 10.7. The zero-order valence-corrected chi connectivity index (χ0v) is 10.7. The second-order valence-electron chi connectivity index (χ2n) is 3.91. The molecule has 0 bridgehead atoms. The van der Waals surface area contributed by atoms with Crippen LogP contribution in [0.2, 0.25) is 0 Å². The number of hydrogen-bond donors (Lipinski definition) is 0. The molecule has 18 heavy (non-hydrogen) atoms. The molecule has 0 N–H and O–H groups in total. The Hall–Kier alpha value is -2.10. The van der Waals surface area contributed by atoms with Crippen molar-refractivity contribution in [3.05, 3.63) is 42.0 Å². The van der Waals surface area contributed by atoms with E-state index in [1.807, 2.05) is 0 Å². The SMILES string of the molecule is COc1ccc(C(=O)/C=C/C(=O)OC(C)C)cc1. The van der Waals surface area contributed by atoms with Gasteiger partial charge in [-0.05, 0) is 44.2 Å². The Kier molecular flexibility index (Phi) is 5.11. The number of hydrogen-bond acceptors (Lipinski definition) is 4. The number of carbonyl (C=O) groups excluding carboxylic acids is 2. The summed E-state index contributed by atoms with van der Waals surface area (Å²) in [5.41, 5.74) is 0.490. The van der Waals surface area contributed by atoms with Crippen LogP contribution < -0.4 is 4.74 Å². The molecule has 0 aliphatic rings. The van der Waals surface area contributed by atoms with Crippen molar-refractivity contribution >= 4 is 11.8 Å². The van der Waals surface area contributed by atoms with E-state index in [1.165, 1.54) is 6.08 Å². The summed E-state index contributed by atoms with van der Waals surface area (Å²) in [5, 5.41) is 0. The van der Waals surface area contributed by atoms with Crippen LogP contribution in [0.25, 0.3) is 0 Å². The summed E-state index contributed by atoms with van der Waals surface area (Å²) in [6.07, 6.45) is 2.14. The Bertz CT molecular complexity index is 443. The maximum absolute atomic E-state index is 11.7. The third-order valence-electron chi connectivity index (χ3n) is 2.10. The molecule has 0 amide bonds. The predicted molar refractivity (Wildman–Crippen MR) is 67.7 cm³/mol. The molecule has 0 aromatic heterocycles. The van der Waals surface area contributed by atoms with Gasteiger partial charge < -0.3 is 9.47 Å². The van der Waals surface area contributed by atoms with E-state index >= 15 is 0 Å². The van der Waals surface area contributed by atoms with Gasteiger partial charge in [-0.2, -0.15) is 0 Å². The lowest BCUT2D eigenvalue weighted by atomic mass is 10.1. The number of benzene rings is 1. The molecule has 4 nitrogen and oxygen atoms in total. The second-order valence-corrected chi connectivity index (χ2v) is 3.91. The summed E-state index contributed by atoms with van der Waals surface area (Å²) in [6.45, 7) is 3.49. The van der Waals surface area contributed by atoms with E-state index in [-0.39, 0.29) is 11.9 Å². The van der Waals surface area contributed by atoms with Gasteiger partial charge in [-0.1, -0.05) is 0 Å². The molecule has 0 aliphatic carbocycles. The van der Waals surface area contributed by atoms with Crippen molar-refractivity contribution in [3.8, 4) is 5.75 Å². The number of carbonyl (C=O) groups is 2. The topological polar surface area (TPSA) is 52.6 Å². The van der Waals surface area contributed by atoms with Crippen LogP contribution in [-0.2, 0) is 9.53 Å². The first kappa shape index (κ1) is 14.0. The zero-order chi connectivity index (χ0) is 13.5. The molecule has 0 saturated heterocycles. The van der Waals surface area contributed by atoms with Crippen LogP contribution in [0.1, 0.15) is 24.2 Å². The molecule has 0 atom stereocenters. The molecule has 0 unspecified atom stereocenters. The standard InChI is InChI=1S/C14H16O4/c1-10(2)18-14(16)9-8-13(15)11-4-6-12(17-3)7-5-11/h4-10H,1-3H3/b9-8+. The maximum Gasteiger partial charge on any atom is 0.331 e. The smallest absolute Gasteiger partial charge is 0.331 e. The van der Waals surface area contributed by atoms with Crippen molar-refractivity contribution in [2.75, 3.05) is 7.11 Å². The van der Waals surface area contributed by atoms with E-state index in [0.29, 0.717) is 11.3 Å². The van der Waals surface area contributed by atoms with Crippen LogP contribution in [0.15, 0.2) is 36.4 Å². The highest BCUT2D eigenvalue weighted by molar-refractivity contribution is 6.07. The molecule has 1 rings (SSSR count). The highest BCUT2D eigenvalue weighted by Gasteiger charge is 2.04. The van der Waals surface area contributed by atoms with Gasteiger partial charge in [0.05, 0.1) is 13.2 Å². The van der Waals surface area contributed by atoms with Crippen LogP contribution in [-0.4, -0.2) is 25.0 Å². The number of ether oxygens (including phenoxy) is 2. The Labute approximate surface area is 106 Å². The Morgan fingerprint density at radius 1 is 1.11 bits per heavy atom. The largest absolute Gasteiger partial charge is 0.497 e. The first-order valence-electron chi connectivity index (χ1n) is 5.60. The van der Waals surface area contributed by atoms with Crippen LogP contribution in [0.4, 0.5) is 0 Å². The van der Waals surface area contributed by atoms with Crippen molar-refractivity contribution in [1.82, 2.24) is 0 Å². The molecule has 1 aromatic rings. The molecule has 1 aromatic carbocycles. The zero-order valence-electron chi connectivity index (χ0n) is 10.7. The summed E-state index contributed by atoms with van der Waals surface area (Å²) in [4.78, 5) is 22.9. The van der Waals surface area contributed by atoms with Gasteiger partial charge in [0.2, 0.25) is 0 Å². The minimum atomic E-state index is -0.521. The van der Waals surface area contributed by atoms with Crippen molar-refractivity contribution in [2.24, 2.45) is 0 Å². The van der Waals surface area contributed by atoms with Crippen molar-refractivity contribution in [3.63, 3.8) is 0 Å². The fourth-order valence-electron chi connectivity index (χ4n) is 1.27. The Morgan fingerprint density at radius 2 is 1.72 bits per heavy atom. The van der Waals surface area contributed by atoms with Crippen LogP contribution >= 0.6 is 0 Å². The van der Waals surface area contributed by atoms with Gasteiger partial charge in [-0.25, -0.2) is 4.79 Å². The van der Waals surface area contributed by atoms with Gasteiger partial charge in [-0.3, -0.25) is 4.79 Å². The van der Waals surface area contributed by atoms with Crippen LogP contribution in [0, 0.1) is 0 Å². The molecule has 96 valence electrons. The predicted octanol–water partition coefficient (Wildman–Crippen LogP) is 2.39. The monoisotopic (exact) mass is 248 g/mol. The first-order chi connectivity index (χ1) is 8.52. The Morgan fingerprint density at radius 3 is 2.22 bits per heavy atom. The van der Waals surface area contributed by atoms with Crippen molar-refractivity contribution in [1.29, 1.82) is 0 Å². The molecule has 0 saturated carbocycles. The third kappa shape index (κ3) is 4.41. The highest BCUT2D eigenvalue weighted by Crippen LogP contribution is 2.12. The number of allylic oxidation sites excluding steroid dienone is 1. The molecular formula is C14H16O4. The van der Waals surface area contributed by atoms with Gasteiger partial charge >= 0.3 is 5.97 Å². The second kappa shape index (κ2) is 6.59. The van der Waals surface area contributed by atoms with Gasteiger partial charge in [0, 0.05) is 11.6 Å². The summed E-state index contributed by atoms with van der Waals surface area (Å²) in [5.74, 6) is -0.0973. The lowest BCUT2D eigenvalue weighted by Gasteiger charge is -2.03. The first-order valence-corrected chi connectivity index (χ1v) is 5.60. The highest BCUT2D eigenvalue weighted by atomic mass is 16.5. The fraction of sp³-hybridized carbons (Fsp3) is 0.286. The summed E-state index contributed by atoms with van der Waals surface area (Å²) < 4.78 is 9.86. The minimum Gasteiger partial charge on any atom is -0.497 e. The number of methoxy groups -OCH3 is 1. The van der Waals surface area contributed by atoms with E-state index in [4.69, 9.17) is 9.47 Å². The molecule has 0 heterocycles. The molecule has 0 aliphatic heterocycles. The molecule has 0 radical (unpaired) electrons. The maximum atomic E-state index is 11.7. The van der Waals surface area contributed by atoms with E-state index in [2.05, 4.69) is 0 Å². The molecule has 0 fully saturated rings. The van der Waals surface area contributed by atoms with Gasteiger partial charge in [-0.15, -0.1) is 0 Å². The summed E-state index contributed by atoms with van der Waals surface area (Å²) >= 11 is 0. The summed E-state index contributed by atoms with van der Waals surface area (Å²) in [7, 11) is 1.55. The van der Waals surface area contributed by atoms with Gasteiger partial charge in [0.15, 0.2) is 5.78 Å². The number of ketones is 1. The van der Waals surface area contributed by atoms with E-state index in [1.54, 1.807) is 45.2 Å². The van der Waals surface area contributed by atoms with Crippen molar-refractivity contribution in [2.45, 2.75) is 20.0 Å². The third-order valence-corrected chi connectivity index (χ3v) is 2.10. The van der Waals surface area contributed by atoms with E-state index in [9.17, 15) is 9.59 Å². The van der Waals surface area contributed by atoms with Crippen LogP contribution in [0.5, 0.6) is 5.75 Å². The van der Waals surface area contributed by atoms with E-state index < -0.39 is 5.97 Å². The fourth-order valence-corrected chi connectivity index (χ4v) is 1.27. The minimum absolute atomic E-state index is 0.196. The number of rotatable bonds is 5. The molecule has 4 heteroatoms. The van der Waals surface area contributed by atoms with Gasteiger partial charge in [0.25, 0.3) is 0 Å². The lowest BCUT2D eigenvalue weighted by Crippen LogP contribution is -2.09. The van der Waals surface area contributed by atoms with Crippen LogP contribution in [0.3, 0.4) is 0 Å². The average Bonchev–Trinajstić information content (AvgIpc) is 2.35. The molecular weight excluding hydrogens is 232 g/mol. The van der Waals surface area contributed by atoms with E-state index in [0.717, 1.165) is 6.08 Å². The summed E-state index contributed by atoms with van der Waals surface area (Å²) in [6, 6.07) is 6.65. The average molecular weight is 248 g/mol. The Balaban J connectivity index is 2.64. The van der Waals surface area contributed by atoms with Gasteiger partial charge in [0.1, 0.15) is 5.75 Å². The van der Waals surface area contributed by atoms with Crippen molar-refractivity contribution < 1.29 is 19.1 Å².